The van der Waals surface area contributed by atoms with Gasteiger partial charge in [0, 0.05) is 10.2 Å². The Hall–Kier alpha value is -0.740. The Bertz CT molecular complexity index is 798. The quantitative estimate of drug-likeness (QED) is 0.503. The van der Waals surface area contributed by atoms with Crippen LogP contribution in [0.2, 0.25) is 10.0 Å². The number of halogens is 4. The summed E-state index contributed by atoms with van der Waals surface area (Å²) >= 11 is 21.7. The Balaban J connectivity index is 2.34. The Morgan fingerprint density at radius 3 is 2.60 bits per heavy atom. The topological polar surface area (TPSA) is 17.8 Å². The molecule has 0 unspecified atom stereocenters. The summed E-state index contributed by atoms with van der Waals surface area (Å²) in [5.74, 6) is 1.04. The van der Waals surface area contributed by atoms with Gasteiger partial charge in [0.2, 0.25) is 0 Å². The molecule has 0 radical (unpaired) electrons. The maximum absolute atomic E-state index is 6.19. The van der Waals surface area contributed by atoms with Crippen molar-refractivity contribution < 1.29 is 0 Å². The van der Waals surface area contributed by atoms with Crippen LogP contribution < -0.4 is 0 Å². The first-order chi connectivity index (χ1) is 9.61. The minimum absolute atomic E-state index is 0.297. The first-order valence-corrected chi connectivity index (χ1v) is 7.87. The highest BCUT2D eigenvalue weighted by atomic mass is 79.9. The van der Waals surface area contributed by atoms with E-state index in [9.17, 15) is 0 Å². The van der Waals surface area contributed by atoms with E-state index >= 15 is 0 Å². The number of aromatic nitrogens is 2. The van der Waals surface area contributed by atoms with Crippen molar-refractivity contribution in [3.63, 3.8) is 0 Å². The molecule has 102 valence electrons. The van der Waals surface area contributed by atoms with E-state index in [-0.39, 0.29) is 0 Å². The predicted molar refractivity (Wildman–Crippen MR) is 88.3 cm³/mol. The molecule has 6 heteroatoms. The number of fused-ring (bicyclic) bond motifs is 1. The molecule has 0 bridgehead atoms. The van der Waals surface area contributed by atoms with Crippen LogP contribution in [0.3, 0.4) is 0 Å². The van der Waals surface area contributed by atoms with Crippen molar-refractivity contribution in [1.82, 2.24) is 9.55 Å². The fourth-order valence-electron chi connectivity index (χ4n) is 2.12. The van der Waals surface area contributed by atoms with E-state index in [0.717, 1.165) is 27.0 Å². The van der Waals surface area contributed by atoms with Crippen LogP contribution in [0.25, 0.3) is 16.7 Å². The standard InChI is InChI=1S/C14H8BrCl3N2/c15-9-6-8(4-5-10(9)17)20-12-3-1-2-11(18)14(12)19-13(20)7-16/h1-6H,7H2. The average molecular weight is 390 g/mol. The van der Waals surface area contributed by atoms with Gasteiger partial charge in [-0.3, -0.25) is 4.57 Å². The van der Waals surface area contributed by atoms with Gasteiger partial charge in [-0.2, -0.15) is 0 Å². The van der Waals surface area contributed by atoms with Crippen LogP contribution in [0.15, 0.2) is 40.9 Å². The summed E-state index contributed by atoms with van der Waals surface area (Å²) in [5.41, 5.74) is 2.60. The highest BCUT2D eigenvalue weighted by molar-refractivity contribution is 9.10. The molecule has 0 aliphatic rings. The van der Waals surface area contributed by atoms with Gasteiger partial charge in [-0.05, 0) is 46.3 Å². The highest BCUT2D eigenvalue weighted by Gasteiger charge is 2.14. The molecule has 3 rings (SSSR count). The second-order valence-corrected chi connectivity index (χ2v) is 6.14. The summed E-state index contributed by atoms with van der Waals surface area (Å²) in [6.45, 7) is 0. The lowest BCUT2D eigenvalue weighted by atomic mass is 10.2. The Kier molecular flexibility index (Phi) is 3.95. The van der Waals surface area contributed by atoms with E-state index in [1.54, 1.807) is 0 Å². The van der Waals surface area contributed by atoms with E-state index in [4.69, 9.17) is 34.8 Å². The van der Waals surface area contributed by atoms with Gasteiger partial charge in [-0.1, -0.05) is 29.3 Å². The van der Waals surface area contributed by atoms with E-state index in [0.29, 0.717) is 15.9 Å². The van der Waals surface area contributed by atoms with E-state index in [2.05, 4.69) is 20.9 Å². The molecule has 0 amide bonds. The highest BCUT2D eigenvalue weighted by Crippen LogP contribution is 2.30. The second kappa shape index (κ2) is 5.57. The van der Waals surface area contributed by atoms with Crippen LogP contribution in [0.4, 0.5) is 0 Å². The lowest BCUT2D eigenvalue weighted by molar-refractivity contribution is 0.981. The lowest BCUT2D eigenvalue weighted by Gasteiger charge is -2.09. The third-order valence-electron chi connectivity index (χ3n) is 2.99. The summed E-state index contributed by atoms with van der Waals surface area (Å²) in [4.78, 5) is 4.51. The van der Waals surface area contributed by atoms with Gasteiger partial charge in [0.25, 0.3) is 0 Å². The molecule has 0 fully saturated rings. The number of alkyl halides is 1. The average Bonchev–Trinajstić information content (AvgIpc) is 2.82. The molecular weight excluding hydrogens is 382 g/mol. The smallest absolute Gasteiger partial charge is 0.129 e. The minimum atomic E-state index is 0.297. The van der Waals surface area contributed by atoms with Gasteiger partial charge in [-0.15, -0.1) is 11.6 Å². The molecule has 20 heavy (non-hydrogen) atoms. The molecule has 0 saturated heterocycles. The third kappa shape index (κ3) is 2.33. The lowest BCUT2D eigenvalue weighted by Crippen LogP contribution is -1.99. The zero-order valence-electron chi connectivity index (χ0n) is 10.1. The molecule has 3 aromatic rings. The molecule has 1 aromatic heterocycles. The van der Waals surface area contributed by atoms with Gasteiger partial charge in [-0.25, -0.2) is 4.98 Å². The van der Waals surface area contributed by atoms with Gasteiger partial charge in [0.15, 0.2) is 0 Å². The summed E-state index contributed by atoms with van der Waals surface area (Å²) in [7, 11) is 0. The van der Waals surface area contributed by atoms with Crippen molar-refractivity contribution in [2.24, 2.45) is 0 Å². The fourth-order valence-corrected chi connectivity index (χ4v) is 2.99. The van der Waals surface area contributed by atoms with Gasteiger partial charge in [0.05, 0.1) is 21.4 Å². The van der Waals surface area contributed by atoms with Crippen LogP contribution in [0.1, 0.15) is 5.82 Å². The Morgan fingerprint density at radius 2 is 1.90 bits per heavy atom. The van der Waals surface area contributed by atoms with Crippen molar-refractivity contribution in [2.45, 2.75) is 5.88 Å². The number of benzene rings is 2. The molecule has 0 aliphatic heterocycles. The van der Waals surface area contributed by atoms with E-state index in [1.165, 1.54) is 0 Å². The van der Waals surface area contributed by atoms with Crippen molar-refractivity contribution in [2.75, 3.05) is 0 Å². The maximum Gasteiger partial charge on any atom is 0.129 e. The van der Waals surface area contributed by atoms with Gasteiger partial charge >= 0.3 is 0 Å². The van der Waals surface area contributed by atoms with Crippen LogP contribution >= 0.6 is 50.7 Å². The molecule has 0 N–H and O–H groups in total. The molecule has 2 nitrogen and oxygen atoms in total. The van der Waals surface area contributed by atoms with Crippen LogP contribution in [0.5, 0.6) is 0 Å². The summed E-state index contributed by atoms with van der Waals surface area (Å²) in [5, 5.41) is 1.27. The summed E-state index contributed by atoms with van der Waals surface area (Å²) < 4.78 is 2.80. The molecule has 0 atom stereocenters. The molecule has 0 saturated carbocycles. The number of rotatable bonds is 2. The summed E-state index contributed by atoms with van der Waals surface area (Å²) in [6.07, 6.45) is 0. The predicted octanol–water partition coefficient (Wildman–Crippen LogP) is 5.83. The first kappa shape index (κ1) is 14.2. The number of para-hydroxylation sites is 1. The largest absolute Gasteiger partial charge is 0.295 e. The first-order valence-electron chi connectivity index (χ1n) is 5.79. The van der Waals surface area contributed by atoms with Crippen LogP contribution in [0, 0.1) is 0 Å². The zero-order valence-corrected chi connectivity index (χ0v) is 13.9. The number of hydrogen-bond acceptors (Lipinski definition) is 1. The normalized spacial score (nSPS) is 11.2. The van der Waals surface area contributed by atoms with Crippen LogP contribution in [-0.4, -0.2) is 9.55 Å². The Morgan fingerprint density at radius 1 is 1.10 bits per heavy atom. The van der Waals surface area contributed by atoms with Crippen molar-refractivity contribution >= 4 is 61.8 Å². The zero-order chi connectivity index (χ0) is 14.3. The van der Waals surface area contributed by atoms with Crippen molar-refractivity contribution in [1.29, 1.82) is 0 Å². The van der Waals surface area contributed by atoms with Crippen LogP contribution in [-0.2, 0) is 5.88 Å². The summed E-state index contributed by atoms with van der Waals surface area (Å²) in [6, 6.07) is 11.4. The molecule has 1 heterocycles. The SMILES string of the molecule is ClCc1nc2c(Cl)cccc2n1-c1ccc(Cl)c(Br)c1. The maximum atomic E-state index is 6.19. The van der Waals surface area contributed by atoms with Crippen molar-refractivity contribution in [3.8, 4) is 5.69 Å². The van der Waals surface area contributed by atoms with Gasteiger partial charge < -0.3 is 0 Å². The molecule has 0 aliphatic carbocycles. The number of nitrogens with zero attached hydrogens (tertiary/aromatic N) is 2. The molecule has 2 aromatic carbocycles. The van der Waals surface area contributed by atoms with E-state index < -0.39 is 0 Å². The number of hydrogen-bond donors (Lipinski definition) is 0. The molecular formula is C14H8BrCl3N2. The van der Waals surface area contributed by atoms with Crippen molar-refractivity contribution in [3.05, 3.63) is 56.7 Å². The fraction of sp³-hybridized carbons (Fsp3) is 0.0714. The minimum Gasteiger partial charge on any atom is -0.295 e. The molecule has 0 spiro atoms. The van der Waals surface area contributed by atoms with E-state index in [1.807, 2.05) is 41.0 Å². The Labute approximate surface area is 139 Å². The number of imidazole rings is 1. The third-order valence-corrected chi connectivity index (χ3v) is 4.74. The second-order valence-electron chi connectivity index (χ2n) is 4.20. The monoisotopic (exact) mass is 388 g/mol. The van der Waals surface area contributed by atoms with Gasteiger partial charge in [0.1, 0.15) is 11.3 Å².